The maximum Gasteiger partial charge on any atom is 0.410 e. The Morgan fingerprint density at radius 1 is 1.24 bits per heavy atom. The third-order valence-electron chi connectivity index (χ3n) is 6.94. The van der Waals surface area contributed by atoms with E-state index < -0.39 is 30.5 Å². The number of halogens is 4. The van der Waals surface area contributed by atoms with E-state index in [4.69, 9.17) is 5.11 Å². The minimum absolute atomic E-state index is 0.114. The van der Waals surface area contributed by atoms with Crippen molar-refractivity contribution in [2.24, 2.45) is 0 Å². The smallest absolute Gasteiger partial charge is 0.387 e. The molecule has 1 aliphatic heterocycles. The minimum Gasteiger partial charge on any atom is -0.387 e. The van der Waals surface area contributed by atoms with Crippen molar-refractivity contribution in [3.05, 3.63) is 35.3 Å². The molecule has 0 radical (unpaired) electrons. The van der Waals surface area contributed by atoms with Crippen LogP contribution in [0.2, 0.25) is 0 Å². The maximum absolute atomic E-state index is 14.1. The van der Waals surface area contributed by atoms with Crippen LogP contribution < -0.4 is 5.32 Å². The van der Waals surface area contributed by atoms with E-state index in [1.54, 1.807) is 11.0 Å². The molecule has 2 heterocycles. The lowest BCUT2D eigenvalue weighted by Gasteiger charge is -2.46. The Balaban J connectivity index is 1.42. The molecule has 7 nitrogen and oxygen atoms in total. The molecule has 2 aromatic rings. The second-order valence-corrected chi connectivity index (χ2v) is 9.12. The summed E-state index contributed by atoms with van der Waals surface area (Å²) in [6.45, 7) is 0.650. The van der Waals surface area contributed by atoms with Gasteiger partial charge in [-0.05, 0) is 50.3 Å². The number of hydrogen-bond acceptors (Lipinski definition) is 4. The SMILES string of the molecule is Cc1ccc(F)c2cc(C(=O)N[C@@H]3CCC[C@H](N4CCN(C(=O)CO)[C@@H](C(F)(F)F)C4)C3)[nH]c12. The molecule has 0 spiro atoms. The lowest BCUT2D eigenvalue weighted by atomic mass is 9.89. The van der Waals surface area contributed by atoms with E-state index in [-0.39, 0.29) is 43.3 Å². The molecule has 1 aromatic heterocycles. The van der Waals surface area contributed by atoms with Gasteiger partial charge in [-0.15, -0.1) is 0 Å². The highest BCUT2D eigenvalue weighted by Crippen LogP contribution is 2.32. The van der Waals surface area contributed by atoms with Crippen molar-refractivity contribution in [2.75, 3.05) is 26.2 Å². The van der Waals surface area contributed by atoms with Gasteiger partial charge < -0.3 is 20.3 Å². The number of aliphatic hydroxyl groups is 1. The van der Waals surface area contributed by atoms with Gasteiger partial charge in [0.1, 0.15) is 24.2 Å². The van der Waals surface area contributed by atoms with Gasteiger partial charge in [0.15, 0.2) is 0 Å². The van der Waals surface area contributed by atoms with Crippen LogP contribution in [0.4, 0.5) is 17.6 Å². The molecule has 186 valence electrons. The number of rotatable bonds is 4. The third-order valence-corrected chi connectivity index (χ3v) is 6.94. The zero-order valence-electron chi connectivity index (χ0n) is 18.8. The molecule has 1 saturated carbocycles. The Hall–Kier alpha value is -2.66. The van der Waals surface area contributed by atoms with Crippen molar-refractivity contribution in [3.8, 4) is 0 Å². The van der Waals surface area contributed by atoms with Crippen LogP contribution >= 0.6 is 0 Å². The number of H-pyrrole nitrogens is 1. The number of benzene rings is 1. The molecule has 0 bridgehead atoms. The molecule has 2 fully saturated rings. The van der Waals surface area contributed by atoms with E-state index in [2.05, 4.69) is 10.3 Å². The summed E-state index contributed by atoms with van der Waals surface area (Å²) in [6, 6.07) is 2.08. The van der Waals surface area contributed by atoms with Gasteiger partial charge in [-0.25, -0.2) is 4.39 Å². The molecule has 1 saturated heterocycles. The fourth-order valence-corrected chi connectivity index (χ4v) is 5.14. The molecule has 1 aromatic carbocycles. The Bertz CT molecular complexity index is 1030. The predicted molar refractivity (Wildman–Crippen MR) is 117 cm³/mol. The quantitative estimate of drug-likeness (QED) is 0.583. The molecular weight excluding hydrogens is 456 g/mol. The van der Waals surface area contributed by atoms with Gasteiger partial charge in [0.05, 0.1) is 5.52 Å². The van der Waals surface area contributed by atoms with E-state index >= 15 is 0 Å². The van der Waals surface area contributed by atoms with Crippen LogP contribution in [0.3, 0.4) is 0 Å². The highest BCUT2D eigenvalue weighted by molar-refractivity contribution is 5.99. The summed E-state index contributed by atoms with van der Waals surface area (Å²) in [7, 11) is 0. The molecule has 0 unspecified atom stereocenters. The standard InChI is InChI=1S/C23H28F4N4O3/c1-13-5-6-17(24)16-10-18(29-21(13)16)22(34)28-14-3-2-4-15(9-14)30-7-8-31(20(33)12-32)19(11-30)23(25,26)27/h5-6,10,14-15,19,29,32H,2-4,7-9,11-12H2,1H3,(H,28,34)/t14-,15+,19-/m1/s1. The second kappa shape index (κ2) is 9.53. The molecular formula is C23H28F4N4O3. The number of aryl methyl sites for hydroxylation is 1. The number of piperazine rings is 1. The number of aliphatic hydroxyl groups excluding tert-OH is 1. The first-order valence-corrected chi connectivity index (χ1v) is 11.4. The van der Waals surface area contributed by atoms with Gasteiger partial charge in [0.25, 0.3) is 5.91 Å². The van der Waals surface area contributed by atoms with Crippen molar-refractivity contribution < 1.29 is 32.3 Å². The van der Waals surface area contributed by atoms with E-state index in [1.807, 2.05) is 6.92 Å². The largest absolute Gasteiger partial charge is 0.410 e. The Labute approximate surface area is 194 Å². The topological polar surface area (TPSA) is 88.7 Å². The monoisotopic (exact) mass is 484 g/mol. The van der Waals surface area contributed by atoms with Crippen molar-refractivity contribution in [2.45, 2.75) is 56.9 Å². The van der Waals surface area contributed by atoms with E-state index in [0.29, 0.717) is 35.1 Å². The second-order valence-electron chi connectivity index (χ2n) is 9.12. The van der Waals surface area contributed by atoms with Crippen LogP contribution in [-0.2, 0) is 4.79 Å². The fraction of sp³-hybridized carbons (Fsp3) is 0.565. The number of carbonyl (C=O) groups excluding carboxylic acids is 2. The molecule has 2 aliphatic rings. The Kier molecular flexibility index (Phi) is 6.86. The van der Waals surface area contributed by atoms with Crippen LogP contribution in [0.25, 0.3) is 10.9 Å². The fourth-order valence-electron chi connectivity index (χ4n) is 5.14. The van der Waals surface area contributed by atoms with Crippen LogP contribution in [-0.4, -0.2) is 82.2 Å². The summed E-state index contributed by atoms with van der Waals surface area (Å²) in [4.78, 5) is 30.0. The summed E-state index contributed by atoms with van der Waals surface area (Å²) < 4.78 is 55.0. The van der Waals surface area contributed by atoms with Crippen LogP contribution in [0.1, 0.15) is 41.7 Å². The van der Waals surface area contributed by atoms with Crippen LogP contribution in [0.15, 0.2) is 18.2 Å². The predicted octanol–water partition coefficient (Wildman–Crippen LogP) is 2.72. The van der Waals surface area contributed by atoms with Gasteiger partial charge in [0, 0.05) is 37.1 Å². The summed E-state index contributed by atoms with van der Waals surface area (Å²) >= 11 is 0. The average Bonchev–Trinajstić information content (AvgIpc) is 3.27. The van der Waals surface area contributed by atoms with Crippen molar-refractivity contribution in [1.29, 1.82) is 0 Å². The summed E-state index contributed by atoms with van der Waals surface area (Å²) in [5.41, 5.74) is 1.60. The number of nitrogens with one attached hydrogen (secondary N) is 2. The van der Waals surface area contributed by atoms with Crippen molar-refractivity contribution >= 4 is 22.7 Å². The highest BCUT2D eigenvalue weighted by atomic mass is 19.4. The molecule has 3 N–H and O–H groups in total. The lowest BCUT2D eigenvalue weighted by Crippen LogP contribution is -2.63. The first-order chi connectivity index (χ1) is 16.1. The van der Waals surface area contributed by atoms with Crippen molar-refractivity contribution in [3.63, 3.8) is 0 Å². The maximum atomic E-state index is 14.1. The number of carbonyl (C=O) groups is 2. The average molecular weight is 484 g/mol. The highest BCUT2D eigenvalue weighted by Gasteiger charge is 2.49. The number of fused-ring (bicyclic) bond motifs is 1. The Morgan fingerprint density at radius 3 is 2.68 bits per heavy atom. The minimum atomic E-state index is -4.60. The summed E-state index contributed by atoms with van der Waals surface area (Å²) in [6.07, 6.45) is -1.99. The zero-order chi connectivity index (χ0) is 24.6. The van der Waals surface area contributed by atoms with Gasteiger partial charge in [-0.3, -0.25) is 14.5 Å². The van der Waals surface area contributed by atoms with Gasteiger partial charge in [-0.1, -0.05) is 6.07 Å². The molecule has 3 atom stereocenters. The van der Waals surface area contributed by atoms with E-state index in [1.165, 1.54) is 12.1 Å². The van der Waals surface area contributed by atoms with Crippen LogP contribution in [0, 0.1) is 12.7 Å². The molecule has 34 heavy (non-hydrogen) atoms. The number of hydrogen-bond donors (Lipinski definition) is 3. The van der Waals surface area contributed by atoms with E-state index in [0.717, 1.165) is 12.0 Å². The summed E-state index contributed by atoms with van der Waals surface area (Å²) in [5, 5.41) is 12.3. The number of nitrogens with zero attached hydrogens (tertiary/aromatic N) is 2. The van der Waals surface area contributed by atoms with Crippen LogP contribution in [0.5, 0.6) is 0 Å². The number of amides is 2. The molecule has 4 rings (SSSR count). The summed E-state index contributed by atoms with van der Waals surface area (Å²) in [5.74, 6) is -1.74. The molecule has 1 aliphatic carbocycles. The van der Waals surface area contributed by atoms with E-state index in [9.17, 15) is 27.2 Å². The first kappa shape index (κ1) is 24.5. The Morgan fingerprint density at radius 2 is 2.00 bits per heavy atom. The van der Waals surface area contributed by atoms with Gasteiger partial charge in [-0.2, -0.15) is 13.2 Å². The zero-order valence-corrected chi connectivity index (χ0v) is 18.8. The number of alkyl halides is 3. The number of aromatic nitrogens is 1. The third kappa shape index (κ3) is 4.90. The normalized spacial score (nSPS) is 24.4. The van der Waals surface area contributed by atoms with Crippen molar-refractivity contribution in [1.82, 2.24) is 20.1 Å². The lowest BCUT2D eigenvalue weighted by molar-refractivity contribution is -0.204. The molecule has 2 amide bonds. The van der Waals surface area contributed by atoms with Gasteiger partial charge >= 0.3 is 6.18 Å². The molecule has 11 heteroatoms. The van der Waals surface area contributed by atoms with Gasteiger partial charge in [0.2, 0.25) is 5.91 Å². The first-order valence-electron chi connectivity index (χ1n) is 11.4. The number of aromatic amines is 1.